The number of fused-ring (bicyclic) bond motifs is 2. The van der Waals surface area contributed by atoms with Crippen molar-refractivity contribution < 1.29 is 4.39 Å². The Labute approximate surface area is 80.8 Å². The topological polar surface area (TPSA) is 24.9 Å². The van der Waals surface area contributed by atoms with Crippen molar-refractivity contribution in [3.8, 4) is 0 Å². The third kappa shape index (κ3) is 0.985. The highest BCUT2D eigenvalue weighted by Crippen LogP contribution is 2.25. The van der Waals surface area contributed by atoms with Crippen molar-refractivity contribution in [1.29, 1.82) is 0 Å². The van der Waals surface area contributed by atoms with Gasteiger partial charge in [-0.2, -0.15) is 0 Å². The summed E-state index contributed by atoms with van der Waals surface area (Å²) >= 11 is 0. The largest absolute Gasteiger partial charge is 0.369 e. The first-order valence-corrected chi connectivity index (χ1v) is 4.66. The second kappa shape index (κ2) is 2.67. The zero-order valence-corrected chi connectivity index (χ0v) is 7.55. The molecule has 0 spiro atoms. The van der Waals surface area contributed by atoms with Gasteiger partial charge in [-0.05, 0) is 24.1 Å². The Morgan fingerprint density at radius 2 is 2.29 bits per heavy atom. The third-order valence-electron chi connectivity index (χ3n) is 2.56. The first-order valence-electron chi connectivity index (χ1n) is 4.66. The minimum Gasteiger partial charge on any atom is -0.369 e. The van der Waals surface area contributed by atoms with E-state index in [2.05, 4.69) is 10.3 Å². The van der Waals surface area contributed by atoms with Crippen LogP contribution in [0.15, 0.2) is 24.3 Å². The molecule has 0 amide bonds. The summed E-state index contributed by atoms with van der Waals surface area (Å²) in [5.74, 6) is 0.585. The Bertz CT molecular complexity index is 508. The summed E-state index contributed by atoms with van der Waals surface area (Å²) in [5.41, 5.74) is 1.64. The lowest BCUT2D eigenvalue weighted by Crippen LogP contribution is -1.94. The number of benzene rings is 1. The van der Waals surface area contributed by atoms with Gasteiger partial charge in [-0.3, -0.25) is 0 Å². The zero-order chi connectivity index (χ0) is 9.54. The fourth-order valence-electron chi connectivity index (χ4n) is 1.87. The molecule has 2 aromatic rings. The highest BCUT2D eigenvalue weighted by Gasteiger charge is 2.13. The molecule has 1 aliphatic heterocycles. The second-order valence-corrected chi connectivity index (χ2v) is 3.48. The van der Waals surface area contributed by atoms with Gasteiger partial charge in [-0.1, -0.05) is 12.1 Å². The van der Waals surface area contributed by atoms with Crippen LogP contribution in [0.2, 0.25) is 0 Å². The van der Waals surface area contributed by atoms with Gasteiger partial charge in [-0.25, -0.2) is 9.37 Å². The molecular weight excluding hydrogens is 179 g/mol. The van der Waals surface area contributed by atoms with Crippen molar-refractivity contribution in [3.05, 3.63) is 35.6 Å². The lowest BCUT2D eigenvalue weighted by Gasteiger charge is -2.02. The average Bonchev–Trinajstić information content (AvgIpc) is 2.62. The summed E-state index contributed by atoms with van der Waals surface area (Å²) in [6.45, 7) is 0.903. The number of para-hydroxylation sites is 1. The number of aromatic nitrogens is 1. The molecule has 0 unspecified atom stereocenters. The number of nitrogens with zero attached hydrogens (tertiary/aromatic N) is 1. The Kier molecular flexibility index (Phi) is 1.48. The molecule has 0 atom stereocenters. The van der Waals surface area contributed by atoms with E-state index < -0.39 is 0 Å². The fourth-order valence-corrected chi connectivity index (χ4v) is 1.87. The maximum Gasteiger partial charge on any atom is 0.149 e. The summed E-state index contributed by atoms with van der Waals surface area (Å²) in [7, 11) is 0. The molecule has 14 heavy (non-hydrogen) atoms. The zero-order valence-electron chi connectivity index (χ0n) is 7.55. The van der Waals surface area contributed by atoms with Gasteiger partial charge in [-0.15, -0.1) is 0 Å². The number of pyridine rings is 1. The van der Waals surface area contributed by atoms with Gasteiger partial charge in [0.2, 0.25) is 0 Å². The SMILES string of the molecule is Fc1cccc2cc3c(nc12)NCC3. The van der Waals surface area contributed by atoms with Crippen LogP contribution in [0.1, 0.15) is 5.56 Å². The van der Waals surface area contributed by atoms with E-state index >= 15 is 0 Å². The minimum atomic E-state index is -0.251. The van der Waals surface area contributed by atoms with Gasteiger partial charge in [0.05, 0.1) is 0 Å². The maximum absolute atomic E-state index is 13.4. The summed E-state index contributed by atoms with van der Waals surface area (Å²) < 4.78 is 13.4. The smallest absolute Gasteiger partial charge is 0.149 e. The molecule has 2 heterocycles. The summed E-state index contributed by atoms with van der Waals surface area (Å²) in [5, 5.41) is 4.02. The normalized spacial score (nSPS) is 14.1. The molecular formula is C11H9FN2. The summed E-state index contributed by atoms with van der Waals surface area (Å²) in [6.07, 6.45) is 0.981. The quantitative estimate of drug-likeness (QED) is 0.686. The molecule has 1 aromatic heterocycles. The van der Waals surface area contributed by atoms with Crippen molar-refractivity contribution in [1.82, 2.24) is 4.98 Å². The van der Waals surface area contributed by atoms with Crippen LogP contribution >= 0.6 is 0 Å². The molecule has 0 bridgehead atoms. The van der Waals surface area contributed by atoms with E-state index in [0.717, 1.165) is 24.2 Å². The van der Waals surface area contributed by atoms with Crippen LogP contribution in [0.3, 0.4) is 0 Å². The van der Waals surface area contributed by atoms with Gasteiger partial charge in [0, 0.05) is 11.9 Å². The number of hydrogen-bond acceptors (Lipinski definition) is 2. The summed E-state index contributed by atoms with van der Waals surface area (Å²) in [6, 6.07) is 7.07. The van der Waals surface area contributed by atoms with E-state index in [1.165, 1.54) is 11.6 Å². The minimum absolute atomic E-state index is 0.251. The van der Waals surface area contributed by atoms with E-state index in [4.69, 9.17) is 0 Å². The van der Waals surface area contributed by atoms with Crippen LogP contribution < -0.4 is 5.32 Å². The van der Waals surface area contributed by atoms with Crippen molar-refractivity contribution in [2.45, 2.75) is 6.42 Å². The van der Waals surface area contributed by atoms with E-state index in [1.807, 2.05) is 12.1 Å². The fraction of sp³-hybridized carbons (Fsp3) is 0.182. The van der Waals surface area contributed by atoms with Crippen molar-refractivity contribution >= 4 is 16.7 Å². The van der Waals surface area contributed by atoms with Crippen molar-refractivity contribution in [2.75, 3.05) is 11.9 Å². The average molecular weight is 188 g/mol. The lowest BCUT2D eigenvalue weighted by atomic mass is 10.1. The molecule has 2 nitrogen and oxygen atoms in total. The third-order valence-corrected chi connectivity index (χ3v) is 2.56. The van der Waals surface area contributed by atoms with Gasteiger partial charge in [0.25, 0.3) is 0 Å². The van der Waals surface area contributed by atoms with Crippen LogP contribution in [-0.4, -0.2) is 11.5 Å². The molecule has 1 aliphatic rings. The van der Waals surface area contributed by atoms with Gasteiger partial charge in [0.15, 0.2) is 0 Å². The Morgan fingerprint density at radius 3 is 3.21 bits per heavy atom. The molecule has 0 fully saturated rings. The Hall–Kier alpha value is -1.64. The summed E-state index contributed by atoms with van der Waals surface area (Å²) in [4.78, 5) is 4.27. The van der Waals surface area contributed by atoms with Crippen molar-refractivity contribution in [2.24, 2.45) is 0 Å². The second-order valence-electron chi connectivity index (χ2n) is 3.48. The molecule has 70 valence electrons. The van der Waals surface area contributed by atoms with Gasteiger partial charge >= 0.3 is 0 Å². The van der Waals surface area contributed by atoms with Gasteiger partial charge in [0.1, 0.15) is 17.2 Å². The number of halogens is 1. The lowest BCUT2D eigenvalue weighted by molar-refractivity contribution is 0.637. The van der Waals surface area contributed by atoms with Crippen LogP contribution in [0, 0.1) is 5.82 Å². The Balaban J connectivity index is 2.39. The molecule has 0 saturated heterocycles. The monoisotopic (exact) mass is 188 g/mol. The van der Waals surface area contributed by atoms with E-state index in [1.54, 1.807) is 6.07 Å². The van der Waals surface area contributed by atoms with E-state index in [-0.39, 0.29) is 5.82 Å². The number of hydrogen-bond donors (Lipinski definition) is 1. The highest BCUT2D eigenvalue weighted by molar-refractivity contribution is 5.82. The number of rotatable bonds is 0. The van der Waals surface area contributed by atoms with E-state index in [0.29, 0.717) is 5.52 Å². The van der Waals surface area contributed by atoms with E-state index in [9.17, 15) is 4.39 Å². The molecule has 0 radical (unpaired) electrons. The molecule has 0 saturated carbocycles. The van der Waals surface area contributed by atoms with Crippen LogP contribution in [0.5, 0.6) is 0 Å². The molecule has 0 aliphatic carbocycles. The highest BCUT2D eigenvalue weighted by atomic mass is 19.1. The molecule has 3 rings (SSSR count). The predicted molar refractivity (Wildman–Crippen MR) is 53.9 cm³/mol. The number of anilines is 1. The van der Waals surface area contributed by atoms with Crippen LogP contribution in [0.4, 0.5) is 10.2 Å². The molecule has 3 heteroatoms. The van der Waals surface area contributed by atoms with Crippen LogP contribution in [0.25, 0.3) is 10.9 Å². The molecule has 1 N–H and O–H groups in total. The first kappa shape index (κ1) is 7.74. The van der Waals surface area contributed by atoms with Crippen LogP contribution in [-0.2, 0) is 6.42 Å². The Morgan fingerprint density at radius 1 is 1.36 bits per heavy atom. The molecule has 1 aromatic carbocycles. The standard InChI is InChI=1S/C11H9FN2/c12-9-3-1-2-7-6-8-4-5-13-11(8)14-10(7)9/h1-3,6H,4-5H2,(H,13,14). The first-order chi connectivity index (χ1) is 6.84. The van der Waals surface area contributed by atoms with Crippen molar-refractivity contribution in [3.63, 3.8) is 0 Å². The maximum atomic E-state index is 13.4. The predicted octanol–water partition coefficient (Wildman–Crippen LogP) is 2.34. The van der Waals surface area contributed by atoms with Gasteiger partial charge < -0.3 is 5.32 Å². The number of nitrogens with one attached hydrogen (secondary N) is 1.